The maximum Gasteiger partial charge on any atom is 0.344 e. The normalized spacial score (nSPS) is 10.3. The minimum absolute atomic E-state index is 0.303. The van der Waals surface area contributed by atoms with Gasteiger partial charge in [-0.15, -0.1) is 13.2 Å². The topological polar surface area (TPSA) is 82.8 Å². The predicted octanol–water partition coefficient (Wildman–Crippen LogP) is 5.16. The van der Waals surface area contributed by atoms with Crippen molar-refractivity contribution in [3.05, 3.63) is 60.0 Å². The lowest BCUT2D eigenvalue weighted by molar-refractivity contribution is -0.135. The highest BCUT2D eigenvalue weighted by atomic mass is 16.5. The van der Waals surface area contributed by atoms with E-state index >= 15 is 0 Å². The summed E-state index contributed by atoms with van der Waals surface area (Å²) in [5.74, 6) is -0.0506. The predicted molar refractivity (Wildman–Crippen MR) is 112 cm³/mol. The van der Waals surface area contributed by atoms with E-state index in [2.05, 4.69) is 13.2 Å². The molecule has 2 aromatic carbocycles. The SMILES string of the molecule is C=C.CCCC(=O)Oc1ccc2c(c1)oc(=O)c1cc(OC(=O)CCC)ccc12. The third kappa shape index (κ3) is 5.31. The van der Waals surface area contributed by atoms with Crippen molar-refractivity contribution < 1.29 is 23.5 Å². The van der Waals surface area contributed by atoms with Crippen molar-refractivity contribution in [3.63, 3.8) is 0 Å². The summed E-state index contributed by atoms with van der Waals surface area (Å²) in [6.45, 7) is 9.77. The van der Waals surface area contributed by atoms with E-state index in [1.54, 1.807) is 24.3 Å². The largest absolute Gasteiger partial charge is 0.427 e. The number of hydrogen-bond acceptors (Lipinski definition) is 6. The summed E-state index contributed by atoms with van der Waals surface area (Å²) >= 11 is 0. The third-order valence-electron chi connectivity index (χ3n) is 4.03. The van der Waals surface area contributed by atoms with Gasteiger partial charge in [-0.3, -0.25) is 9.59 Å². The number of hydrogen-bond donors (Lipinski definition) is 0. The Labute approximate surface area is 168 Å². The summed E-state index contributed by atoms with van der Waals surface area (Å²) in [7, 11) is 0. The fraction of sp³-hybridized carbons (Fsp3) is 0.261. The zero-order chi connectivity index (χ0) is 21.4. The molecule has 0 radical (unpaired) electrons. The van der Waals surface area contributed by atoms with E-state index in [0.29, 0.717) is 58.9 Å². The first kappa shape index (κ1) is 21.9. The van der Waals surface area contributed by atoms with Gasteiger partial charge < -0.3 is 13.9 Å². The molecule has 0 aliphatic carbocycles. The van der Waals surface area contributed by atoms with Crippen LogP contribution in [-0.4, -0.2) is 11.9 Å². The van der Waals surface area contributed by atoms with Crippen LogP contribution in [-0.2, 0) is 9.59 Å². The first-order valence-electron chi connectivity index (χ1n) is 9.43. The molecule has 6 heteroatoms. The molecular weight excluding hydrogens is 372 g/mol. The number of carbonyl (C=O) groups is 2. The van der Waals surface area contributed by atoms with Gasteiger partial charge in [0.1, 0.15) is 17.1 Å². The number of rotatable bonds is 6. The molecule has 3 rings (SSSR count). The van der Waals surface area contributed by atoms with Gasteiger partial charge in [0.2, 0.25) is 0 Å². The molecule has 0 aliphatic heterocycles. The molecular formula is C23H24O6. The Balaban J connectivity index is 0.00000145. The summed E-state index contributed by atoms with van der Waals surface area (Å²) < 4.78 is 15.9. The van der Waals surface area contributed by atoms with Crippen LogP contribution >= 0.6 is 0 Å². The van der Waals surface area contributed by atoms with Gasteiger partial charge in [-0.25, -0.2) is 4.79 Å². The molecule has 29 heavy (non-hydrogen) atoms. The van der Waals surface area contributed by atoms with Gasteiger partial charge in [0, 0.05) is 29.7 Å². The van der Waals surface area contributed by atoms with E-state index in [9.17, 15) is 14.4 Å². The summed E-state index contributed by atoms with van der Waals surface area (Å²) in [6, 6.07) is 9.78. The molecule has 0 amide bonds. The van der Waals surface area contributed by atoms with Crippen LogP contribution in [0.1, 0.15) is 39.5 Å². The van der Waals surface area contributed by atoms with Gasteiger partial charge in [-0.1, -0.05) is 13.8 Å². The molecule has 0 saturated carbocycles. The number of benzene rings is 2. The first-order valence-corrected chi connectivity index (χ1v) is 9.43. The van der Waals surface area contributed by atoms with Crippen LogP contribution in [0.5, 0.6) is 11.5 Å². The molecule has 1 aromatic heterocycles. The van der Waals surface area contributed by atoms with E-state index < -0.39 is 5.63 Å². The Kier molecular flexibility index (Phi) is 7.71. The van der Waals surface area contributed by atoms with Gasteiger partial charge >= 0.3 is 17.6 Å². The second-order valence-electron chi connectivity index (χ2n) is 6.20. The van der Waals surface area contributed by atoms with Crippen molar-refractivity contribution in [2.75, 3.05) is 0 Å². The number of fused-ring (bicyclic) bond motifs is 3. The average molecular weight is 396 g/mol. The second kappa shape index (κ2) is 10.2. The zero-order valence-corrected chi connectivity index (χ0v) is 16.7. The van der Waals surface area contributed by atoms with Crippen molar-refractivity contribution in [1.82, 2.24) is 0 Å². The Morgan fingerprint density at radius 1 is 0.828 bits per heavy atom. The van der Waals surface area contributed by atoms with Crippen LogP contribution in [0.15, 0.2) is 58.8 Å². The summed E-state index contributed by atoms with van der Waals surface area (Å²) in [5.41, 5.74) is -0.229. The fourth-order valence-electron chi connectivity index (χ4n) is 2.79. The highest BCUT2D eigenvalue weighted by molar-refractivity contribution is 6.05. The fourth-order valence-corrected chi connectivity index (χ4v) is 2.79. The standard InChI is InChI=1S/C21H20O6.C2H4/c1-3-5-19(22)25-13-7-9-15-16-10-8-14(26-20(23)6-4-2)12-18(16)27-21(24)17(15)11-13;1-2/h7-12H,3-6H2,1-2H3;1-2H2. The molecule has 1 heterocycles. The highest BCUT2D eigenvalue weighted by Gasteiger charge is 2.12. The van der Waals surface area contributed by atoms with Gasteiger partial charge in [0.25, 0.3) is 0 Å². The molecule has 152 valence electrons. The van der Waals surface area contributed by atoms with E-state index in [0.717, 1.165) is 0 Å². The van der Waals surface area contributed by atoms with Gasteiger partial charge in [0.15, 0.2) is 0 Å². The highest BCUT2D eigenvalue weighted by Crippen LogP contribution is 2.29. The lowest BCUT2D eigenvalue weighted by Gasteiger charge is -2.08. The van der Waals surface area contributed by atoms with E-state index in [1.165, 1.54) is 12.1 Å². The molecule has 0 fully saturated rings. The van der Waals surface area contributed by atoms with Crippen LogP contribution in [0.25, 0.3) is 21.7 Å². The van der Waals surface area contributed by atoms with Crippen LogP contribution < -0.4 is 15.1 Å². The van der Waals surface area contributed by atoms with E-state index in [-0.39, 0.29) is 11.9 Å². The van der Waals surface area contributed by atoms with Crippen molar-refractivity contribution in [3.8, 4) is 11.5 Å². The Morgan fingerprint density at radius 3 is 1.90 bits per heavy atom. The van der Waals surface area contributed by atoms with Crippen molar-refractivity contribution in [2.45, 2.75) is 39.5 Å². The lowest BCUT2D eigenvalue weighted by Crippen LogP contribution is -2.08. The Morgan fingerprint density at radius 2 is 1.34 bits per heavy atom. The smallest absolute Gasteiger partial charge is 0.344 e. The number of ether oxygens (including phenoxy) is 2. The number of carbonyl (C=O) groups excluding carboxylic acids is 2. The zero-order valence-electron chi connectivity index (χ0n) is 16.7. The van der Waals surface area contributed by atoms with Crippen molar-refractivity contribution in [2.24, 2.45) is 0 Å². The average Bonchev–Trinajstić information content (AvgIpc) is 2.70. The lowest BCUT2D eigenvalue weighted by atomic mass is 10.1. The van der Waals surface area contributed by atoms with Crippen molar-refractivity contribution >= 4 is 33.7 Å². The monoisotopic (exact) mass is 396 g/mol. The molecule has 0 bridgehead atoms. The molecule has 0 atom stereocenters. The molecule has 6 nitrogen and oxygen atoms in total. The molecule has 0 aliphatic rings. The Hall–Kier alpha value is -3.41. The van der Waals surface area contributed by atoms with Crippen LogP contribution in [0.4, 0.5) is 0 Å². The maximum absolute atomic E-state index is 12.4. The maximum atomic E-state index is 12.4. The Bertz CT molecular complexity index is 1080. The van der Waals surface area contributed by atoms with Crippen LogP contribution in [0.3, 0.4) is 0 Å². The minimum atomic E-state index is -0.553. The quantitative estimate of drug-likeness (QED) is 0.188. The molecule has 0 spiro atoms. The van der Waals surface area contributed by atoms with Crippen LogP contribution in [0, 0.1) is 0 Å². The van der Waals surface area contributed by atoms with E-state index in [1.807, 2.05) is 13.8 Å². The summed E-state index contributed by atoms with van der Waals surface area (Å²) in [6.07, 6.45) is 2.00. The summed E-state index contributed by atoms with van der Waals surface area (Å²) in [4.78, 5) is 35.7. The second-order valence-corrected chi connectivity index (χ2v) is 6.20. The minimum Gasteiger partial charge on any atom is -0.427 e. The van der Waals surface area contributed by atoms with Gasteiger partial charge in [0.05, 0.1) is 5.39 Å². The van der Waals surface area contributed by atoms with E-state index in [4.69, 9.17) is 13.9 Å². The third-order valence-corrected chi connectivity index (χ3v) is 4.03. The van der Waals surface area contributed by atoms with Gasteiger partial charge in [-0.2, -0.15) is 0 Å². The first-order chi connectivity index (χ1) is 14.0. The molecule has 3 aromatic rings. The molecule has 0 saturated heterocycles. The molecule has 0 N–H and O–H groups in total. The molecule has 0 unspecified atom stereocenters. The van der Waals surface area contributed by atoms with Crippen LogP contribution in [0.2, 0.25) is 0 Å². The summed E-state index contributed by atoms with van der Waals surface area (Å²) in [5, 5.41) is 1.69. The van der Waals surface area contributed by atoms with Gasteiger partial charge in [-0.05, 0) is 43.2 Å². The van der Waals surface area contributed by atoms with Crippen molar-refractivity contribution in [1.29, 1.82) is 0 Å². The number of esters is 2.